The van der Waals surface area contributed by atoms with Crippen LogP contribution in [0, 0.1) is 6.92 Å². The van der Waals surface area contributed by atoms with Crippen molar-refractivity contribution in [3.63, 3.8) is 0 Å². The number of hydrogen-bond donors (Lipinski definition) is 4. The number of pyridine rings is 1. The molecule has 2 aromatic heterocycles. The summed E-state index contributed by atoms with van der Waals surface area (Å²) in [5.41, 5.74) is 1.01. The number of aromatic nitrogens is 3. The summed E-state index contributed by atoms with van der Waals surface area (Å²) >= 11 is 6.04. The van der Waals surface area contributed by atoms with Crippen LogP contribution in [-0.4, -0.2) is 65.3 Å². The van der Waals surface area contributed by atoms with Crippen molar-refractivity contribution in [3.8, 4) is 0 Å². The number of amides is 2. The minimum absolute atomic E-state index is 0.146. The predicted octanol–water partition coefficient (Wildman–Crippen LogP) is 1.47. The number of rotatable bonds is 10. The zero-order valence-electron chi connectivity index (χ0n) is 21.7. The first-order valence-electron chi connectivity index (χ1n) is 12.6. The van der Waals surface area contributed by atoms with E-state index in [4.69, 9.17) is 21.1 Å². The molecule has 208 valence electrons. The number of benzene rings is 1. The van der Waals surface area contributed by atoms with Crippen LogP contribution < -0.4 is 27.2 Å². The number of methoxy groups -OCH3 is 1. The van der Waals surface area contributed by atoms with Gasteiger partial charge in [0.1, 0.15) is 12.3 Å². The number of ether oxygens (including phenoxy) is 2. The van der Waals surface area contributed by atoms with Crippen molar-refractivity contribution in [1.29, 1.82) is 0 Å². The molecule has 1 aromatic carbocycles. The Morgan fingerprint density at radius 2 is 2.00 bits per heavy atom. The topological polar surface area (TPSA) is 156 Å². The van der Waals surface area contributed by atoms with Gasteiger partial charge in [-0.1, -0.05) is 11.6 Å². The predicted molar refractivity (Wildman–Crippen MR) is 146 cm³/mol. The van der Waals surface area contributed by atoms with E-state index >= 15 is 0 Å². The summed E-state index contributed by atoms with van der Waals surface area (Å²) in [4.78, 5) is 55.4. The van der Waals surface area contributed by atoms with Gasteiger partial charge in [0.05, 0.1) is 18.2 Å². The summed E-state index contributed by atoms with van der Waals surface area (Å²) in [6, 6.07) is 6.87. The number of aromatic amines is 1. The molecule has 4 N–H and O–H groups in total. The lowest BCUT2D eigenvalue weighted by Crippen LogP contribution is -2.48. The highest BCUT2D eigenvalue weighted by Crippen LogP contribution is 2.28. The summed E-state index contributed by atoms with van der Waals surface area (Å²) in [5, 5.41) is 10.3. The number of hydrogen-bond acceptors (Lipinski definition) is 8. The maximum absolute atomic E-state index is 12.5. The number of nitrogens with zero attached hydrogens (tertiary/aromatic N) is 2. The van der Waals surface area contributed by atoms with E-state index < -0.39 is 41.4 Å². The van der Waals surface area contributed by atoms with Gasteiger partial charge in [0, 0.05) is 60.7 Å². The lowest BCUT2D eigenvalue weighted by molar-refractivity contribution is -0.140. The third-order valence-corrected chi connectivity index (χ3v) is 6.69. The lowest BCUT2D eigenvalue weighted by Gasteiger charge is -2.18. The Bertz CT molecular complexity index is 1460. The monoisotopic (exact) mass is 558 g/mol. The molecule has 4 rings (SSSR count). The van der Waals surface area contributed by atoms with Crippen LogP contribution in [0.15, 0.2) is 46.2 Å². The zero-order valence-corrected chi connectivity index (χ0v) is 22.4. The van der Waals surface area contributed by atoms with Crippen LogP contribution in [0.3, 0.4) is 0 Å². The molecule has 0 spiro atoms. The molecule has 2 amide bonds. The van der Waals surface area contributed by atoms with E-state index in [9.17, 15) is 19.2 Å². The van der Waals surface area contributed by atoms with Gasteiger partial charge >= 0.3 is 17.5 Å². The van der Waals surface area contributed by atoms with Gasteiger partial charge in [-0.3, -0.25) is 28.9 Å². The Labute approximate surface area is 229 Å². The molecule has 3 heterocycles. The smallest absolute Gasteiger partial charge is 0.330 e. The van der Waals surface area contributed by atoms with Crippen molar-refractivity contribution in [2.24, 2.45) is 0 Å². The number of fused-ring (bicyclic) bond motifs is 1. The van der Waals surface area contributed by atoms with Gasteiger partial charge < -0.3 is 25.4 Å². The standard InChI is InChI=1S/C26H31ClN6O6/c1-15-13-33(26(37)32-23(15)34)22-12-20(21(39-22)14-38-2)31-25(36)24(35)30-9-4-3-8-28-18-7-10-29-19-11-16(27)5-6-17(18)19/h5-7,10-11,13,20-22H,3-4,8-9,12,14H2,1-2H3,(H,28,29)(H,30,35)(H,31,36)(H,32,34,37)/t20-,21-,22+/m0/s1. The number of aryl methyl sites for hydroxylation is 1. The number of unbranched alkanes of at least 4 members (excludes halogenated alkanes) is 1. The van der Waals surface area contributed by atoms with Crippen molar-refractivity contribution < 1.29 is 19.1 Å². The zero-order chi connectivity index (χ0) is 27.9. The SMILES string of the molecule is COC[C@@H]1O[C@@H](n2cc(C)c(=O)[nH]c2=O)C[C@@H]1NC(=O)C(=O)NCCCCNc1ccnc2cc(Cl)ccc12. The van der Waals surface area contributed by atoms with Crippen LogP contribution in [0.4, 0.5) is 5.69 Å². The van der Waals surface area contributed by atoms with Crippen molar-refractivity contribution in [2.75, 3.05) is 32.1 Å². The molecule has 1 aliphatic heterocycles. The van der Waals surface area contributed by atoms with E-state index in [1.54, 1.807) is 13.1 Å². The average molecular weight is 559 g/mol. The molecule has 1 aliphatic rings. The van der Waals surface area contributed by atoms with Gasteiger partial charge in [-0.05, 0) is 44.0 Å². The van der Waals surface area contributed by atoms with E-state index in [1.807, 2.05) is 24.3 Å². The highest BCUT2D eigenvalue weighted by Gasteiger charge is 2.38. The number of anilines is 1. The Hall–Kier alpha value is -3.74. The Morgan fingerprint density at radius 3 is 2.79 bits per heavy atom. The van der Waals surface area contributed by atoms with Crippen LogP contribution in [0.1, 0.15) is 31.1 Å². The van der Waals surface area contributed by atoms with Crippen LogP contribution in [-0.2, 0) is 19.1 Å². The number of H-pyrrole nitrogens is 1. The molecule has 0 aliphatic carbocycles. The quantitative estimate of drug-likeness (QED) is 0.215. The van der Waals surface area contributed by atoms with E-state index in [0.29, 0.717) is 30.1 Å². The Balaban J connectivity index is 1.23. The van der Waals surface area contributed by atoms with E-state index in [-0.39, 0.29) is 13.0 Å². The van der Waals surface area contributed by atoms with Crippen molar-refractivity contribution in [1.82, 2.24) is 25.2 Å². The third-order valence-electron chi connectivity index (χ3n) is 6.46. The van der Waals surface area contributed by atoms with Crippen LogP contribution in [0.5, 0.6) is 0 Å². The van der Waals surface area contributed by atoms with E-state index in [0.717, 1.165) is 23.0 Å². The molecule has 13 heteroatoms. The second-order valence-corrected chi connectivity index (χ2v) is 9.73. The first kappa shape index (κ1) is 28.3. The first-order chi connectivity index (χ1) is 18.8. The fourth-order valence-corrected chi connectivity index (χ4v) is 4.60. The molecule has 3 aromatic rings. The van der Waals surface area contributed by atoms with Gasteiger partial charge in [0.15, 0.2) is 0 Å². The van der Waals surface area contributed by atoms with Crippen LogP contribution in [0.2, 0.25) is 5.02 Å². The third kappa shape index (κ3) is 7.02. The highest BCUT2D eigenvalue weighted by atomic mass is 35.5. The summed E-state index contributed by atoms with van der Waals surface area (Å²) in [5.74, 6) is -1.55. The fraction of sp³-hybridized carbons (Fsp3) is 0.423. The molecular weight excluding hydrogens is 528 g/mol. The normalized spacial score (nSPS) is 18.7. The van der Waals surface area contributed by atoms with Gasteiger partial charge in [-0.25, -0.2) is 4.79 Å². The summed E-state index contributed by atoms with van der Waals surface area (Å²) in [7, 11) is 1.49. The largest absolute Gasteiger partial charge is 0.384 e. The van der Waals surface area contributed by atoms with Gasteiger partial charge in [0.2, 0.25) is 0 Å². The molecule has 0 radical (unpaired) electrons. The number of carbonyl (C=O) groups excluding carboxylic acids is 2. The van der Waals surface area contributed by atoms with Crippen molar-refractivity contribution in [3.05, 3.63) is 68.1 Å². The molecule has 0 unspecified atom stereocenters. The summed E-state index contributed by atoms with van der Waals surface area (Å²) < 4.78 is 12.4. The first-order valence-corrected chi connectivity index (χ1v) is 13.0. The molecule has 39 heavy (non-hydrogen) atoms. The number of carbonyl (C=O) groups is 2. The molecular formula is C26H31ClN6O6. The number of halogens is 1. The second kappa shape index (κ2) is 12.9. The van der Waals surface area contributed by atoms with E-state index in [2.05, 4.69) is 25.9 Å². The van der Waals surface area contributed by atoms with Gasteiger partial charge in [0.25, 0.3) is 5.56 Å². The van der Waals surface area contributed by atoms with Gasteiger partial charge in [-0.15, -0.1) is 0 Å². The maximum atomic E-state index is 12.5. The lowest BCUT2D eigenvalue weighted by atomic mass is 10.1. The summed E-state index contributed by atoms with van der Waals surface area (Å²) in [6.45, 7) is 2.73. The van der Waals surface area contributed by atoms with Crippen molar-refractivity contribution in [2.45, 2.75) is 44.6 Å². The molecule has 12 nitrogen and oxygen atoms in total. The minimum Gasteiger partial charge on any atom is -0.384 e. The van der Waals surface area contributed by atoms with E-state index in [1.165, 1.54) is 17.9 Å². The molecule has 1 fully saturated rings. The van der Waals surface area contributed by atoms with Gasteiger partial charge in [-0.2, -0.15) is 0 Å². The maximum Gasteiger partial charge on any atom is 0.330 e. The summed E-state index contributed by atoms with van der Waals surface area (Å²) in [6.07, 6.45) is 3.46. The molecule has 0 saturated carbocycles. The molecule has 1 saturated heterocycles. The Morgan fingerprint density at radius 1 is 1.21 bits per heavy atom. The van der Waals surface area contributed by atoms with Crippen LogP contribution in [0.25, 0.3) is 10.9 Å². The Kier molecular flexibility index (Phi) is 9.33. The molecule has 0 bridgehead atoms. The van der Waals surface area contributed by atoms with Crippen LogP contribution >= 0.6 is 11.6 Å². The average Bonchev–Trinajstić information content (AvgIpc) is 3.29. The minimum atomic E-state index is -0.796. The second-order valence-electron chi connectivity index (χ2n) is 9.29. The molecule has 3 atom stereocenters. The highest BCUT2D eigenvalue weighted by molar-refractivity contribution is 6.35. The van der Waals surface area contributed by atoms with Crippen molar-refractivity contribution >= 4 is 40.0 Å². The fourth-order valence-electron chi connectivity index (χ4n) is 4.44. The number of nitrogens with one attached hydrogen (secondary N) is 4.